The van der Waals surface area contributed by atoms with Crippen molar-refractivity contribution < 1.29 is 4.79 Å². The molecular weight excluding hydrogens is 286 g/mol. The highest BCUT2D eigenvalue weighted by molar-refractivity contribution is 6.08. The van der Waals surface area contributed by atoms with E-state index in [1.165, 1.54) is 6.33 Å². The maximum absolute atomic E-state index is 12.7. The second-order valence-electron chi connectivity index (χ2n) is 5.11. The highest BCUT2D eigenvalue weighted by Crippen LogP contribution is 2.23. The lowest BCUT2D eigenvalue weighted by Crippen LogP contribution is -2.14. The van der Waals surface area contributed by atoms with Gasteiger partial charge in [-0.25, -0.2) is 9.97 Å². The van der Waals surface area contributed by atoms with E-state index >= 15 is 0 Å². The van der Waals surface area contributed by atoms with Gasteiger partial charge in [0, 0.05) is 23.0 Å². The molecule has 1 aromatic heterocycles. The molecule has 3 aromatic rings. The van der Waals surface area contributed by atoms with Gasteiger partial charge in [-0.2, -0.15) is 0 Å². The number of rotatable bonds is 4. The second kappa shape index (κ2) is 6.83. The van der Waals surface area contributed by atoms with Crippen LogP contribution in [0.5, 0.6) is 0 Å². The summed E-state index contributed by atoms with van der Waals surface area (Å²) in [5, 5.41) is 3.01. The zero-order valence-electron chi connectivity index (χ0n) is 12.9. The van der Waals surface area contributed by atoms with E-state index in [1.54, 1.807) is 18.3 Å². The van der Waals surface area contributed by atoms with Gasteiger partial charge in [-0.05, 0) is 30.2 Å². The standard InChI is InChI=1S/C19H17N3O/c1-2-14-7-3-6-10-17(14)22-19(23)16-9-5-4-8-15(16)18-11-12-20-13-21-18/h3-13H,2H2,1H3,(H,22,23). The zero-order valence-corrected chi connectivity index (χ0v) is 12.9. The van der Waals surface area contributed by atoms with E-state index < -0.39 is 0 Å². The fourth-order valence-electron chi connectivity index (χ4n) is 2.49. The lowest BCUT2D eigenvalue weighted by Gasteiger charge is -2.12. The highest BCUT2D eigenvalue weighted by atomic mass is 16.1. The van der Waals surface area contributed by atoms with Crippen LogP contribution < -0.4 is 5.32 Å². The van der Waals surface area contributed by atoms with E-state index in [2.05, 4.69) is 22.2 Å². The summed E-state index contributed by atoms with van der Waals surface area (Å²) in [5.74, 6) is -0.139. The Labute approximate surface area is 135 Å². The number of aromatic nitrogens is 2. The summed E-state index contributed by atoms with van der Waals surface area (Å²) < 4.78 is 0. The molecule has 3 rings (SSSR count). The molecule has 2 aromatic carbocycles. The normalized spacial score (nSPS) is 10.3. The first-order valence-corrected chi connectivity index (χ1v) is 7.54. The highest BCUT2D eigenvalue weighted by Gasteiger charge is 2.14. The smallest absolute Gasteiger partial charge is 0.256 e. The van der Waals surface area contributed by atoms with Crippen molar-refractivity contribution in [3.05, 3.63) is 78.2 Å². The molecule has 4 heteroatoms. The fraction of sp³-hybridized carbons (Fsp3) is 0.105. The van der Waals surface area contributed by atoms with Crippen molar-refractivity contribution >= 4 is 11.6 Å². The summed E-state index contributed by atoms with van der Waals surface area (Å²) >= 11 is 0. The molecule has 0 atom stereocenters. The molecule has 1 heterocycles. The van der Waals surface area contributed by atoms with Crippen LogP contribution in [0, 0.1) is 0 Å². The molecule has 0 bridgehead atoms. The van der Waals surface area contributed by atoms with Crippen molar-refractivity contribution in [3.8, 4) is 11.3 Å². The van der Waals surface area contributed by atoms with Gasteiger partial charge in [-0.15, -0.1) is 0 Å². The molecule has 1 amide bonds. The lowest BCUT2D eigenvalue weighted by molar-refractivity contribution is 0.102. The summed E-state index contributed by atoms with van der Waals surface area (Å²) in [4.78, 5) is 20.9. The minimum atomic E-state index is -0.139. The molecule has 0 aliphatic carbocycles. The third kappa shape index (κ3) is 3.26. The number of carbonyl (C=O) groups excluding carboxylic acids is 1. The summed E-state index contributed by atoms with van der Waals surface area (Å²) in [6, 6.07) is 17.1. The van der Waals surface area contributed by atoms with Crippen LogP contribution in [0.4, 0.5) is 5.69 Å². The predicted molar refractivity (Wildman–Crippen MR) is 91.2 cm³/mol. The Morgan fingerprint density at radius 3 is 2.61 bits per heavy atom. The van der Waals surface area contributed by atoms with Gasteiger partial charge in [0.25, 0.3) is 5.91 Å². The van der Waals surface area contributed by atoms with Crippen molar-refractivity contribution in [2.24, 2.45) is 0 Å². The Kier molecular flexibility index (Phi) is 4.43. The quantitative estimate of drug-likeness (QED) is 0.793. The van der Waals surface area contributed by atoms with Crippen molar-refractivity contribution in [3.63, 3.8) is 0 Å². The van der Waals surface area contributed by atoms with Crippen molar-refractivity contribution in [2.45, 2.75) is 13.3 Å². The molecule has 4 nitrogen and oxygen atoms in total. The van der Waals surface area contributed by atoms with Gasteiger partial charge in [0.05, 0.1) is 5.69 Å². The third-order valence-corrected chi connectivity index (χ3v) is 3.68. The zero-order chi connectivity index (χ0) is 16.1. The van der Waals surface area contributed by atoms with Crippen LogP contribution in [0.1, 0.15) is 22.8 Å². The van der Waals surface area contributed by atoms with Gasteiger partial charge < -0.3 is 5.32 Å². The number of hydrogen-bond donors (Lipinski definition) is 1. The van der Waals surface area contributed by atoms with E-state index in [-0.39, 0.29) is 5.91 Å². The first-order chi connectivity index (χ1) is 11.3. The van der Waals surface area contributed by atoms with Gasteiger partial charge in [-0.3, -0.25) is 4.79 Å². The average molecular weight is 303 g/mol. The number of amides is 1. The Hall–Kier alpha value is -3.01. The first kappa shape index (κ1) is 14.9. The molecule has 1 N–H and O–H groups in total. The number of nitrogens with one attached hydrogen (secondary N) is 1. The number of nitrogens with zero attached hydrogens (tertiary/aromatic N) is 2. The SMILES string of the molecule is CCc1ccccc1NC(=O)c1ccccc1-c1ccncn1. The fourth-order valence-corrected chi connectivity index (χ4v) is 2.49. The molecule has 0 spiro atoms. The molecule has 0 fully saturated rings. The molecule has 0 aliphatic heterocycles. The average Bonchev–Trinajstić information content (AvgIpc) is 2.63. The lowest BCUT2D eigenvalue weighted by atomic mass is 10.0. The summed E-state index contributed by atoms with van der Waals surface area (Å²) in [6.45, 7) is 2.07. The molecule has 114 valence electrons. The summed E-state index contributed by atoms with van der Waals surface area (Å²) in [6.07, 6.45) is 4.02. The topological polar surface area (TPSA) is 54.9 Å². The van der Waals surface area contributed by atoms with Gasteiger partial charge in [0.1, 0.15) is 6.33 Å². The van der Waals surface area contributed by atoms with Crippen molar-refractivity contribution in [2.75, 3.05) is 5.32 Å². The van der Waals surface area contributed by atoms with Gasteiger partial charge in [0.15, 0.2) is 0 Å². The molecule has 23 heavy (non-hydrogen) atoms. The monoisotopic (exact) mass is 303 g/mol. The van der Waals surface area contributed by atoms with E-state index in [0.29, 0.717) is 5.56 Å². The molecule has 0 radical (unpaired) electrons. The second-order valence-corrected chi connectivity index (χ2v) is 5.11. The molecule has 0 unspecified atom stereocenters. The maximum Gasteiger partial charge on any atom is 0.256 e. The predicted octanol–water partition coefficient (Wildman–Crippen LogP) is 3.96. The van der Waals surface area contributed by atoms with Crippen LogP contribution in [0.25, 0.3) is 11.3 Å². The van der Waals surface area contributed by atoms with Crippen molar-refractivity contribution in [1.29, 1.82) is 0 Å². The Morgan fingerprint density at radius 2 is 1.83 bits per heavy atom. The minimum Gasteiger partial charge on any atom is -0.322 e. The van der Waals surface area contributed by atoms with Gasteiger partial charge in [-0.1, -0.05) is 43.3 Å². The van der Waals surface area contributed by atoms with Gasteiger partial charge >= 0.3 is 0 Å². The summed E-state index contributed by atoms with van der Waals surface area (Å²) in [7, 11) is 0. The largest absolute Gasteiger partial charge is 0.322 e. The van der Waals surface area contributed by atoms with Crippen LogP contribution in [0.3, 0.4) is 0 Å². The number of carbonyl (C=O) groups is 1. The van der Waals surface area contributed by atoms with Crippen molar-refractivity contribution in [1.82, 2.24) is 9.97 Å². The summed E-state index contributed by atoms with van der Waals surface area (Å²) in [5.41, 5.74) is 4.07. The van der Waals surface area contributed by atoms with Crippen LogP contribution >= 0.6 is 0 Å². The van der Waals surface area contributed by atoms with E-state index in [0.717, 1.165) is 28.9 Å². The van der Waals surface area contributed by atoms with Crippen LogP contribution in [0.2, 0.25) is 0 Å². The third-order valence-electron chi connectivity index (χ3n) is 3.68. The molecular formula is C19H17N3O. The maximum atomic E-state index is 12.7. The Balaban J connectivity index is 1.95. The number of anilines is 1. The Bertz CT molecular complexity index is 816. The van der Waals surface area contributed by atoms with Crippen LogP contribution in [-0.4, -0.2) is 15.9 Å². The first-order valence-electron chi connectivity index (χ1n) is 7.54. The number of aryl methyl sites for hydroxylation is 1. The van der Waals surface area contributed by atoms with Crippen LogP contribution in [0.15, 0.2) is 67.1 Å². The number of para-hydroxylation sites is 1. The molecule has 0 saturated carbocycles. The molecule has 0 saturated heterocycles. The van der Waals surface area contributed by atoms with E-state index in [9.17, 15) is 4.79 Å². The minimum absolute atomic E-state index is 0.139. The molecule has 0 aliphatic rings. The van der Waals surface area contributed by atoms with Gasteiger partial charge in [0.2, 0.25) is 0 Å². The Morgan fingerprint density at radius 1 is 1.04 bits per heavy atom. The van der Waals surface area contributed by atoms with Crippen LogP contribution in [-0.2, 0) is 6.42 Å². The number of hydrogen-bond acceptors (Lipinski definition) is 3. The number of benzene rings is 2. The van der Waals surface area contributed by atoms with E-state index in [1.807, 2.05) is 42.5 Å². The van der Waals surface area contributed by atoms with E-state index in [4.69, 9.17) is 0 Å².